The maximum Gasteiger partial charge on any atom is 0.481 e. The molecule has 0 saturated carbocycles. The number of nitrogens with two attached hydrogens (primary N) is 1. The van der Waals surface area contributed by atoms with Crippen LogP contribution in [0.4, 0.5) is 5.82 Å². The Bertz CT molecular complexity index is 1980. The number of carboxylic acids is 1. The minimum Gasteiger partial charge on any atom is -0.481 e. The number of anilines is 1. The zero-order valence-corrected chi connectivity index (χ0v) is 34.7. The summed E-state index contributed by atoms with van der Waals surface area (Å²) in [7, 11) is -16.5. The van der Waals surface area contributed by atoms with Crippen LogP contribution in [0.1, 0.15) is 52.2 Å². The van der Waals surface area contributed by atoms with Crippen LogP contribution in [0.15, 0.2) is 12.7 Å². The lowest BCUT2D eigenvalue weighted by atomic mass is 9.87. The molecule has 27 nitrogen and oxygen atoms in total. The van der Waals surface area contributed by atoms with Crippen molar-refractivity contribution in [2.24, 2.45) is 5.41 Å². The van der Waals surface area contributed by atoms with Crippen LogP contribution in [0.5, 0.6) is 0 Å². The van der Waals surface area contributed by atoms with Gasteiger partial charge in [0, 0.05) is 43.5 Å². The first-order valence-corrected chi connectivity index (χ1v) is 22.6. The number of hydrogen-bond donors (Lipinski definition) is 10. The van der Waals surface area contributed by atoms with Crippen LogP contribution in [-0.2, 0) is 60.3 Å². The molecule has 0 radical (unpaired) electrons. The lowest BCUT2D eigenvalue weighted by Gasteiger charge is -2.30. The molecule has 2 aromatic rings. The van der Waals surface area contributed by atoms with E-state index in [0.29, 0.717) is 0 Å². The molecular formula is C28H44N7O20P3S. The second-order valence-corrected chi connectivity index (χ2v) is 18.6. The summed E-state index contributed by atoms with van der Waals surface area (Å²) >= 11 is 0.801. The van der Waals surface area contributed by atoms with E-state index in [4.69, 9.17) is 24.6 Å². The Hall–Kier alpha value is -3.30. The quantitative estimate of drug-likeness (QED) is 0.0320. The van der Waals surface area contributed by atoms with Gasteiger partial charge in [-0.15, -0.1) is 0 Å². The third kappa shape index (κ3) is 16.2. The number of aliphatic carboxylic acids is 1. The number of nitrogens with one attached hydrogen (secondary N) is 2. The first kappa shape index (κ1) is 50.1. The lowest BCUT2D eigenvalue weighted by molar-refractivity contribution is -0.138. The van der Waals surface area contributed by atoms with Crippen LogP contribution < -0.4 is 16.4 Å². The predicted molar refractivity (Wildman–Crippen MR) is 198 cm³/mol. The first-order valence-electron chi connectivity index (χ1n) is 17.1. The van der Waals surface area contributed by atoms with Gasteiger partial charge in [0.15, 0.2) is 22.8 Å². The minimum absolute atomic E-state index is 0.0150. The van der Waals surface area contributed by atoms with E-state index in [1.165, 1.54) is 13.8 Å². The van der Waals surface area contributed by atoms with E-state index in [1.54, 1.807) is 0 Å². The van der Waals surface area contributed by atoms with Crippen LogP contribution in [0.2, 0.25) is 0 Å². The fourth-order valence-corrected chi connectivity index (χ4v) is 8.56. The number of nitrogen functional groups attached to an aromatic ring is 1. The highest BCUT2D eigenvalue weighted by Crippen LogP contribution is 2.61. The third-order valence-electron chi connectivity index (χ3n) is 7.95. The lowest BCUT2D eigenvalue weighted by Crippen LogP contribution is -2.46. The number of aliphatic hydroxyl groups is 2. The van der Waals surface area contributed by atoms with Gasteiger partial charge in [-0.05, 0) is 6.42 Å². The van der Waals surface area contributed by atoms with Gasteiger partial charge in [-0.25, -0.2) is 28.6 Å². The summed E-state index contributed by atoms with van der Waals surface area (Å²) in [5.74, 6) is -2.94. The summed E-state index contributed by atoms with van der Waals surface area (Å²) in [4.78, 5) is 110. The number of ether oxygens (including phenoxy) is 1. The highest BCUT2D eigenvalue weighted by Gasteiger charge is 2.50. The van der Waals surface area contributed by atoms with Crippen molar-refractivity contribution in [3.05, 3.63) is 12.7 Å². The molecular weight excluding hydrogens is 879 g/mol. The van der Waals surface area contributed by atoms with Crippen molar-refractivity contribution in [2.75, 3.05) is 37.8 Å². The molecule has 31 heteroatoms. The smallest absolute Gasteiger partial charge is 0.481 e. The van der Waals surface area contributed by atoms with Crippen LogP contribution in [0, 0.1) is 5.41 Å². The predicted octanol–water partition coefficient (Wildman–Crippen LogP) is -1.12. The molecule has 3 heterocycles. The molecule has 2 unspecified atom stereocenters. The first-order chi connectivity index (χ1) is 27.3. The number of hydrogen-bond acceptors (Lipinski definition) is 20. The van der Waals surface area contributed by atoms with Crippen LogP contribution in [-0.4, -0.2) is 140 Å². The molecule has 0 aliphatic carbocycles. The molecule has 332 valence electrons. The summed E-state index contributed by atoms with van der Waals surface area (Å²) in [5.41, 5.74) is 4.18. The van der Waals surface area contributed by atoms with E-state index in [1.807, 2.05) is 0 Å². The number of phosphoric ester groups is 3. The molecule has 11 N–H and O–H groups in total. The number of ketones is 1. The van der Waals surface area contributed by atoms with Crippen molar-refractivity contribution >= 4 is 80.9 Å². The molecule has 1 aliphatic rings. The Kier molecular flexibility index (Phi) is 18.2. The van der Waals surface area contributed by atoms with Crippen molar-refractivity contribution in [2.45, 2.75) is 76.6 Å². The second-order valence-electron chi connectivity index (χ2n) is 13.3. The van der Waals surface area contributed by atoms with Gasteiger partial charge in [0.05, 0.1) is 26.0 Å². The number of phosphoric acid groups is 3. The summed E-state index contributed by atoms with van der Waals surface area (Å²) < 4.78 is 62.0. The molecule has 1 fully saturated rings. The average Bonchev–Trinajstić information content (AvgIpc) is 3.67. The van der Waals surface area contributed by atoms with Crippen LogP contribution >= 0.6 is 35.2 Å². The summed E-state index contributed by atoms with van der Waals surface area (Å²) in [6.45, 7) is 0.116. The van der Waals surface area contributed by atoms with E-state index in [9.17, 15) is 67.5 Å². The molecule has 0 spiro atoms. The number of carbonyl (C=O) groups is 5. The topological polar surface area (TPSA) is 418 Å². The maximum absolute atomic E-state index is 12.7. The molecule has 3 rings (SSSR count). The highest BCUT2D eigenvalue weighted by atomic mass is 32.2. The van der Waals surface area contributed by atoms with Crippen molar-refractivity contribution in [1.29, 1.82) is 0 Å². The number of amides is 2. The van der Waals surface area contributed by atoms with Gasteiger partial charge in [-0.2, -0.15) is 4.31 Å². The van der Waals surface area contributed by atoms with Crippen LogP contribution in [0.25, 0.3) is 11.2 Å². The zero-order valence-electron chi connectivity index (χ0n) is 31.2. The van der Waals surface area contributed by atoms with Gasteiger partial charge in [-0.1, -0.05) is 25.6 Å². The fourth-order valence-electron chi connectivity index (χ4n) is 5.03. The summed E-state index contributed by atoms with van der Waals surface area (Å²) in [6, 6.07) is 0. The molecule has 1 saturated heterocycles. The average molecular weight is 924 g/mol. The number of carbonyl (C=O) groups excluding carboxylic acids is 4. The normalized spacial score (nSPS) is 21.0. The van der Waals surface area contributed by atoms with Gasteiger partial charge in [0.2, 0.25) is 11.8 Å². The van der Waals surface area contributed by atoms with Crippen LogP contribution in [0.3, 0.4) is 0 Å². The van der Waals surface area contributed by atoms with Gasteiger partial charge in [0.25, 0.3) is 0 Å². The van der Waals surface area contributed by atoms with E-state index < -0.39 is 101 Å². The number of imidazole rings is 1. The Morgan fingerprint density at radius 2 is 1.68 bits per heavy atom. The van der Waals surface area contributed by atoms with E-state index in [0.717, 1.165) is 29.0 Å². The Labute approximate surface area is 338 Å². The van der Waals surface area contributed by atoms with Crippen molar-refractivity contribution in [3.63, 3.8) is 0 Å². The number of nitrogens with zero attached hydrogens (tertiary/aromatic N) is 4. The van der Waals surface area contributed by atoms with E-state index in [2.05, 4.69) is 34.4 Å². The molecule has 0 bridgehead atoms. The largest absolute Gasteiger partial charge is 0.481 e. The molecule has 59 heavy (non-hydrogen) atoms. The Balaban J connectivity index is 1.44. The van der Waals surface area contributed by atoms with Crippen molar-refractivity contribution in [3.8, 4) is 0 Å². The number of thioether (sulfide) groups is 1. The standard InChI is InChI=1S/C28H44N7O20P3S/c1-28(2,23(42)26(43)31-7-6-17(37)30-8-9-59-19(40)10-15(36)4-3-5-18(38)39)12-52-58(49,50)55-57(47,48)51-11-16-22(54-56(44,45)46)21(41)27(53-16)35-14-34-20-24(29)32-13-33-25(20)35/h13-14,16,21-23,27,41-42H,3-12H2,1-2H3,(H,30,37)(H,31,43)(H,38,39)(H,47,48)(H,49,50)(H2,29,32,33)(H2,44,45,46)/t16-,21-,22-,23+,27-/m1/s1. The monoisotopic (exact) mass is 923 g/mol. The minimum atomic E-state index is -5.60. The molecule has 2 amide bonds. The number of fused-ring (bicyclic) bond motifs is 1. The number of aliphatic hydroxyl groups excluding tert-OH is 2. The zero-order chi connectivity index (χ0) is 44.3. The van der Waals surface area contributed by atoms with Gasteiger partial charge >= 0.3 is 29.4 Å². The van der Waals surface area contributed by atoms with Gasteiger partial charge in [0.1, 0.15) is 42.0 Å². The SMILES string of the molecule is CC(C)(COP(=O)(O)OP(=O)(O)OC[C@H]1O[C@@H](n2cnc3c(N)ncnc32)[C@H](O)[C@@H]1OP(=O)(O)O)[C@@H](O)C(=O)NCCC(=O)NCCSC(=O)CC(=O)CCCC(=O)O. The molecule has 7 atom stereocenters. The summed E-state index contributed by atoms with van der Waals surface area (Å²) in [5, 5.41) is 34.3. The number of carboxylic acid groups (broad SMARTS) is 1. The van der Waals surface area contributed by atoms with Gasteiger partial charge in [-0.3, -0.25) is 42.1 Å². The fraction of sp³-hybridized carbons (Fsp3) is 0.643. The maximum atomic E-state index is 12.7. The number of Topliss-reactive ketones (excluding diaryl/α,β-unsaturated/α-hetero) is 1. The summed E-state index contributed by atoms with van der Waals surface area (Å²) in [6.07, 6.45) is -7.65. The molecule has 1 aliphatic heterocycles. The van der Waals surface area contributed by atoms with Crippen molar-refractivity contribution in [1.82, 2.24) is 30.2 Å². The third-order valence-corrected chi connectivity index (χ3v) is 11.9. The Morgan fingerprint density at radius 1 is 1.00 bits per heavy atom. The second kappa shape index (κ2) is 21.5. The Morgan fingerprint density at radius 3 is 2.34 bits per heavy atom. The van der Waals surface area contributed by atoms with E-state index >= 15 is 0 Å². The van der Waals surface area contributed by atoms with Crippen molar-refractivity contribution < 1.29 is 95.2 Å². The molecule has 2 aromatic heterocycles. The number of aromatic nitrogens is 4. The number of rotatable bonds is 25. The van der Waals surface area contributed by atoms with E-state index in [-0.39, 0.29) is 67.9 Å². The highest BCUT2D eigenvalue weighted by molar-refractivity contribution is 8.13. The van der Waals surface area contributed by atoms with Gasteiger partial charge < -0.3 is 56.0 Å². The molecule has 0 aromatic carbocycles.